The van der Waals surface area contributed by atoms with Crippen LogP contribution in [0.5, 0.6) is 0 Å². The van der Waals surface area contributed by atoms with Gasteiger partial charge in [-0.05, 0) is 47.4 Å². The largest absolute Gasteiger partial charge is 0.351 e. The second kappa shape index (κ2) is 9.24. The minimum Gasteiger partial charge on any atom is -0.351 e. The van der Waals surface area contributed by atoms with E-state index in [4.69, 9.17) is 5.73 Å². The average Bonchev–Trinajstić information content (AvgIpc) is 3.15. The van der Waals surface area contributed by atoms with Crippen molar-refractivity contribution < 1.29 is 4.79 Å². The number of urea groups is 1. The molecule has 1 aliphatic carbocycles. The van der Waals surface area contributed by atoms with Gasteiger partial charge in [-0.1, -0.05) is 83.4 Å². The van der Waals surface area contributed by atoms with Gasteiger partial charge in [0.2, 0.25) is 0 Å². The van der Waals surface area contributed by atoms with E-state index in [0.29, 0.717) is 18.4 Å². The van der Waals surface area contributed by atoms with E-state index >= 15 is 0 Å². The molecular weight excluding hydrogens is 406 g/mol. The van der Waals surface area contributed by atoms with Crippen LogP contribution in [0.2, 0.25) is 0 Å². The molecule has 2 amide bonds. The van der Waals surface area contributed by atoms with Gasteiger partial charge in [0, 0.05) is 36.1 Å². The van der Waals surface area contributed by atoms with Gasteiger partial charge in [-0.25, -0.2) is 4.79 Å². The molecule has 0 atom stereocenters. The van der Waals surface area contributed by atoms with Crippen molar-refractivity contribution in [2.24, 2.45) is 12.8 Å². The van der Waals surface area contributed by atoms with Gasteiger partial charge in [0.05, 0.1) is 5.69 Å². The molecule has 0 aliphatic heterocycles. The number of aryl methyl sites for hydroxylation is 1. The highest BCUT2D eigenvalue weighted by Crippen LogP contribution is 2.45. The van der Waals surface area contributed by atoms with E-state index in [1.807, 2.05) is 4.90 Å². The number of benzene rings is 2. The van der Waals surface area contributed by atoms with Crippen molar-refractivity contribution in [1.29, 1.82) is 0 Å². The van der Waals surface area contributed by atoms with Crippen LogP contribution in [0.15, 0.2) is 48.7 Å². The molecule has 176 valence electrons. The molecule has 2 N–H and O–H groups in total. The minimum atomic E-state index is -0.352. The van der Waals surface area contributed by atoms with Crippen molar-refractivity contribution in [3.05, 3.63) is 65.4 Å². The van der Waals surface area contributed by atoms with Gasteiger partial charge in [-0.3, -0.25) is 4.90 Å². The van der Waals surface area contributed by atoms with Crippen LogP contribution in [-0.2, 0) is 12.5 Å². The fraction of sp³-hybridized carbons (Fsp3) is 0.483. The van der Waals surface area contributed by atoms with Crippen LogP contribution in [0, 0.1) is 0 Å². The molecule has 0 unspecified atom stereocenters. The van der Waals surface area contributed by atoms with E-state index in [1.165, 1.54) is 46.9 Å². The maximum Gasteiger partial charge on any atom is 0.319 e. The Balaban J connectivity index is 1.90. The van der Waals surface area contributed by atoms with Crippen molar-refractivity contribution >= 4 is 22.6 Å². The molecule has 1 fully saturated rings. The SMILES string of the molecule is CC(C)c1cccc(C(C)C)c1N(CC1(c2cn(C)c3ccccc23)CCCCC1)C(N)=O. The molecule has 2 aromatic carbocycles. The van der Waals surface area contributed by atoms with Crippen molar-refractivity contribution in [2.45, 2.75) is 77.0 Å². The van der Waals surface area contributed by atoms with Crippen molar-refractivity contribution in [2.75, 3.05) is 11.4 Å². The van der Waals surface area contributed by atoms with Gasteiger partial charge in [0.15, 0.2) is 0 Å². The zero-order valence-electron chi connectivity index (χ0n) is 20.9. The number of carbonyl (C=O) groups is 1. The van der Waals surface area contributed by atoms with Gasteiger partial charge >= 0.3 is 6.03 Å². The number of carbonyl (C=O) groups excluding carboxylic acids is 1. The number of rotatable bonds is 6. The summed E-state index contributed by atoms with van der Waals surface area (Å²) in [5, 5.41) is 1.30. The highest BCUT2D eigenvalue weighted by atomic mass is 16.2. The van der Waals surface area contributed by atoms with Crippen LogP contribution in [0.4, 0.5) is 10.5 Å². The Hall–Kier alpha value is -2.75. The number of hydrogen-bond acceptors (Lipinski definition) is 1. The molecule has 4 nitrogen and oxygen atoms in total. The summed E-state index contributed by atoms with van der Waals surface area (Å²) in [6.45, 7) is 9.42. The lowest BCUT2D eigenvalue weighted by Gasteiger charge is -2.42. The predicted octanol–water partition coefficient (Wildman–Crippen LogP) is 7.21. The number of nitrogens with two attached hydrogens (primary N) is 1. The Morgan fingerprint density at radius 2 is 1.58 bits per heavy atom. The monoisotopic (exact) mass is 445 g/mol. The first-order chi connectivity index (χ1) is 15.7. The number of aromatic nitrogens is 1. The van der Waals surface area contributed by atoms with Gasteiger partial charge in [-0.15, -0.1) is 0 Å². The molecule has 1 heterocycles. The molecule has 1 aliphatic rings. The smallest absolute Gasteiger partial charge is 0.319 e. The van der Waals surface area contributed by atoms with Crippen LogP contribution in [0.25, 0.3) is 10.9 Å². The quantitative estimate of drug-likeness (QED) is 0.428. The number of hydrogen-bond donors (Lipinski definition) is 1. The Kier molecular flexibility index (Phi) is 6.56. The van der Waals surface area contributed by atoms with Crippen LogP contribution < -0.4 is 10.6 Å². The normalized spacial score (nSPS) is 16.0. The number of primary amides is 1. The standard InChI is InChI=1S/C29H39N3O/c1-20(2)22-13-11-14-23(21(3)4)27(22)32(28(30)33)19-29(16-9-6-10-17-29)25-18-31(5)26-15-8-7-12-24(25)26/h7-8,11-15,18,20-21H,6,9-10,16-17,19H2,1-5H3,(H2,30,33). The lowest BCUT2D eigenvalue weighted by atomic mass is 9.68. The highest BCUT2D eigenvalue weighted by Gasteiger charge is 2.40. The van der Waals surface area contributed by atoms with Crippen LogP contribution in [0.3, 0.4) is 0 Å². The summed E-state index contributed by atoms with van der Waals surface area (Å²) >= 11 is 0. The number of fused-ring (bicyclic) bond motifs is 1. The van der Waals surface area contributed by atoms with E-state index in [9.17, 15) is 4.79 Å². The molecule has 4 rings (SSSR count). The van der Waals surface area contributed by atoms with E-state index in [2.05, 4.69) is 88.0 Å². The zero-order chi connectivity index (χ0) is 23.8. The number of anilines is 1. The average molecular weight is 446 g/mol. The number of amides is 2. The van der Waals surface area contributed by atoms with Crippen molar-refractivity contribution in [3.8, 4) is 0 Å². The van der Waals surface area contributed by atoms with Crippen LogP contribution in [-0.4, -0.2) is 17.1 Å². The number of nitrogens with zero attached hydrogens (tertiary/aromatic N) is 2. The third-order valence-corrected chi connectivity index (χ3v) is 7.62. The third kappa shape index (κ3) is 4.28. The van der Waals surface area contributed by atoms with Gasteiger partial charge < -0.3 is 10.3 Å². The highest BCUT2D eigenvalue weighted by molar-refractivity contribution is 5.93. The van der Waals surface area contributed by atoms with E-state index in [0.717, 1.165) is 18.5 Å². The Labute approximate surface area is 198 Å². The van der Waals surface area contributed by atoms with Gasteiger partial charge in [-0.2, -0.15) is 0 Å². The molecule has 1 aromatic heterocycles. The molecule has 1 saturated carbocycles. The van der Waals surface area contributed by atoms with Crippen LogP contribution in [0.1, 0.15) is 88.3 Å². The first-order valence-corrected chi connectivity index (χ1v) is 12.5. The maximum absolute atomic E-state index is 13.1. The number of para-hydroxylation sites is 2. The Morgan fingerprint density at radius 1 is 0.970 bits per heavy atom. The van der Waals surface area contributed by atoms with Crippen LogP contribution >= 0.6 is 0 Å². The molecular formula is C29H39N3O. The summed E-state index contributed by atoms with van der Waals surface area (Å²) in [6, 6.07) is 14.7. The summed E-state index contributed by atoms with van der Waals surface area (Å²) in [5.41, 5.74) is 12.1. The van der Waals surface area contributed by atoms with Gasteiger partial charge in [0.25, 0.3) is 0 Å². The second-order valence-corrected chi connectivity index (χ2v) is 10.5. The summed E-state index contributed by atoms with van der Waals surface area (Å²) in [7, 11) is 2.12. The first-order valence-electron chi connectivity index (χ1n) is 12.5. The first kappa shape index (κ1) is 23.4. The maximum atomic E-state index is 13.1. The summed E-state index contributed by atoms with van der Waals surface area (Å²) in [6.07, 6.45) is 8.06. The predicted molar refractivity (Wildman–Crippen MR) is 139 cm³/mol. The molecule has 4 heteroatoms. The summed E-state index contributed by atoms with van der Waals surface area (Å²) in [5.74, 6) is 0.612. The fourth-order valence-electron chi connectivity index (χ4n) is 5.90. The molecule has 33 heavy (non-hydrogen) atoms. The molecule has 3 aromatic rings. The van der Waals surface area contributed by atoms with E-state index in [1.54, 1.807) is 0 Å². The summed E-state index contributed by atoms with van der Waals surface area (Å²) < 4.78 is 2.23. The minimum absolute atomic E-state index is 0.105. The molecule has 0 bridgehead atoms. The Bertz CT molecular complexity index is 1110. The summed E-state index contributed by atoms with van der Waals surface area (Å²) in [4.78, 5) is 15.0. The van der Waals surface area contributed by atoms with Gasteiger partial charge in [0.1, 0.15) is 0 Å². The Morgan fingerprint density at radius 3 is 2.15 bits per heavy atom. The molecule has 0 saturated heterocycles. The topological polar surface area (TPSA) is 51.3 Å². The second-order valence-electron chi connectivity index (χ2n) is 10.5. The van der Waals surface area contributed by atoms with E-state index in [-0.39, 0.29) is 11.4 Å². The molecule has 0 radical (unpaired) electrons. The third-order valence-electron chi connectivity index (χ3n) is 7.62. The van der Waals surface area contributed by atoms with Crippen molar-refractivity contribution in [3.63, 3.8) is 0 Å². The molecule has 0 spiro atoms. The fourth-order valence-corrected chi connectivity index (χ4v) is 5.90. The van der Waals surface area contributed by atoms with Crippen molar-refractivity contribution in [1.82, 2.24) is 4.57 Å². The lowest BCUT2D eigenvalue weighted by Crippen LogP contribution is -2.48. The zero-order valence-corrected chi connectivity index (χ0v) is 20.9. The lowest BCUT2D eigenvalue weighted by molar-refractivity contribution is 0.246. The van der Waals surface area contributed by atoms with E-state index < -0.39 is 0 Å².